The molecule has 0 spiro atoms. The number of aryl methyl sites for hydroxylation is 2. The second-order valence-electron chi connectivity index (χ2n) is 2.95. The standard InChI is InChI=1S/C8H16N4/c1-6-8(10)7(2)12(11-6)5-3-4-9/h3-5,9-10H2,1-2H3. The molecule has 0 aromatic carbocycles. The van der Waals surface area contributed by atoms with Crippen molar-refractivity contribution < 1.29 is 0 Å². The van der Waals surface area contributed by atoms with Crippen LogP contribution in [0.5, 0.6) is 0 Å². The van der Waals surface area contributed by atoms with Gasteiger partial charge in [-0.2, -0.15) is 5.10 Å². The number of nitrogen functional groups attached to an aromatic ring is 1. The minimum atomic E-state index is 0.693. The van der Waals surface area contributed by atoms with Crippen LogP contribution in [0.15, 0.2) is 0 Å². The van der Waals surface area contributed by atoms with E-state index in [1.54, 1.807) is 0 Å². The van der Waals surface area contributed by atoms with Crippen LogP contribution >= 0.6 is 0 Å². The van der Waals surface area contributed by atoms with Gasteiger partial charge in [0, 0.05) is 6.54 Å². The summed E-state index contributed by atoms with van der Waals surface area (Å²) in [7, 11) is 0. The summed E-state index contributed by atoms with van der Waals surface area (Å²) in [5, 5.41) is 4.28. The molecule has 4 N–H and O–H groups in total. The number of anilines is 1. The molecule has 1 aromatic rings. The minimum absolute atomic E-state index is 0.693. The second kappa shape index (κ2) is 3.58. The normalized spacial score (nSPS) is 10.6. The Hall–Kier alpha value is -1.03. The van der Waals surface area contributed by atoms with Gasteiger partial charge >= 0.3 is 0 Å². The van der Waals surface area contributed by atoms with E-state index in [1.807, 2.05) is 18.5 Å². The second-order valence-corrected chi connectivity index (χ2v) is 2.95. The predicted molar refractivity (Wildman–Crippen MR) is 49.8 cm³/mol. The van der Waals surface area contributed by atoms with E-state index in [-0.39, 0.29) is 0 Å². The zero-order chi connectivity index (χ0) is 9.14. The molecule has 0 saturated carbocycles. The van der Waals surface area contributed by atoms with Crippen molar-refractivity contribution >= 4 is 5.69 Å². The van der Waals surface area contributed by atoms with Crippen LogP contribution in [0.25, 0.3) is 0 Å². The third kappa shape index (κ3) is 1.58. The molecular formula is C8H16N4. The van der Waals surface area contributed by atoms with E-state index in [0.29, 0.717) is 6.54 Å². The number of nitrogens with two attached hydrogens (primary N) is 2. The van der Waals surface area contributed by atoms with Crippen molar-refractivity contribution in [3.05, 3.63) is 11.4 Å². The summed E-state index contributed by atoms with van der Waals surface area (Å²) in [6.45, 7) is 5.45. The van der Waals surface area contributed by atoms with E-state index < -0.39 is 0 Å². The summed E-state index contributed by atoms with van der Waals surface area (Å²) in [4.78, 5) is 0. The topological polar surface area (TPSA) is 69.9 Å². The van der Waals surface area contributed by atoms with Crippen LogP contribution in [0.4, 0.5) is 5.69 Å². The van der Waals surface area contributed by atoms with Crippen molar-refractivity contribution in [1.82, 2.24) is 9.78 Å². The molecule has 12 heavy (non-hydrogen) atoms. The highest BCUT2D eigenvalue weighted by Gasteiger charge is 2.06. The Morgan fingerprint density at radius 1 is 1.42 bits per heavy atom. The number of hydrogen-bond acceptors (Lipinski definition) is 3. The van der Waals surface area contributed by atoms with Crippen molar-refractivity contribution in [2.24, 2.45) is 5.73 Å². The Labute approximate surface area is 72.5 Å². The first-order valence-corrected chi connectivity index (χ1v) is 4.16. The summed E-state index contributed by atoms with van der Waals surface area (Å²) in [5.41, 5.74) is 13.9. The molecule has 1 rings (SSSR count). The Balaban J connectivity index is 2.79. The van der Waals surface area contributed by atoms with Gasteiger partial charge in [0.1, 0.15) is 0 Å². The summed E-state index contributed by atoms with van der Waals surface area (Å²) in [6.07, 6.45) is 0.946. The molecule has 0 saturated heterocycles. The van der Waals surface area contributed by atoms with Crippen LogP contribution in [-0.2, 0) is 6.54 Å². The largest absolute Gasteiger partial charge is 0.396 e. The molecule has 0 bridgehead atoms. The third-order valence-electron chi connectivity index (χ3n) is 2.01. The lowest BCUT2D eigenvalue weighted by molar-refractivity contribution is 0.568. The Morgan fingerprint density at radius 2 is 2.08 bits per heavy atom. The predicted octanol–water partition coefficient (Wildman–Crippen LogP) is 0.431. The maximum atomic E-state index is 5.76. The zero-order valence-electron chi connectivity index (χ0n) is 7.67. The van der Waals surface area contributed by atoms with E-state index in [4.69, 9.17) is 11.5 Å². The fourth-order valence-corrected chi connectivity index (χ4v) is 1.17. The van der Waals surface area contributed by atoms with E-state index >= 15 is 0 Å². The highest BCUT2D eigenvalue weighted by atomic mass is 15.3. The zero-order valence-corrected chi connectivity index (χ0v) is 7.67. The van der Waals surface area contributed by atoms with E-state index in [1.165, 1.54) is 0 Å². The lowest BCUT2D eigenvalue weighted by atomic mass is 10.3. The van der Waals surface area contributed by atoms with Gasteiger partial charge in [-0.3, -0.25) is 4.68 Å². The first-order valence-electron chi connectivity index (χ1n) is 4.16. The number of nitrogens with zero attached hydrogens (tertiary/aromatic N) is 2. The van der Waals surface area contributed by atoms with Gasteiger partial charge in [0.25, 0.3) is 0 Å². The van der Waals surface area contributed by atoms with Gasteiger partial charge in [-0.05, 0) is 26.8 Å². The van der Waals surface area contributed by atoms with Crippen molar-refractivity contribution in [1.29, 1.82) is 0 Å². The molecule has 0 aliphatic rings. The average molecular weight is 168 g/mol. The Morgan fingerprint density at radius 3 is 2.50 bits per heavy atom. The van der Waals surface area contributed by atoms with Crippen molar-refractivity contribution in [2.45, 2.75) is 26.8 Å². The van der Waals surface area contributed by atoms with Gasteiger partial charge in [0.05, 0.1) is 17.1 Å². The van der Waals surface area contributed by atoms with Crippen LogP contribution in [0.3, 0.4) is 0 Å². The first-order chi connectivity index (χ1) is 5.66. The SMILES string of the molecule is Cc1nn(CCCN)c(C)c1N. The Bertz CT molecular complexity index is 264. The monoisotopic (exact) mass is 168 g/mol. The smallest absolute Gasteiger partial charge is 0.0825 e. The molecule has 1 heterocycles. The highest BCUT2D eigenvalue weighted by molar-refractivity contribution is 5.46. The van der Waals surface area contributed by atoms with Gasteiger partial charge in [0.15, 0.2) is 0 Å². The summed E-state index contributed by atoms with van der Waals surface area (Å²) >= 11 is 0. The lowest BCUT2D eigenvalue weighted by Gasteiger charge is -2.01. The molecule has 0 amide bonds. The molecule has 0 radical (unpaired) electrons. The van der Waals surface area contributed by atoms with E-state index in [9.17, 15) is 0 Å². The first kappa shape index (κ1) is 9.06. The maximum absolute atomic E-state index is 5.76. The minimum Gasteiger partial charge on any atom is -0.396 e. The van der Waals surface area contributed by atoms with Gasteiger partial charge in [0.2, 0.25) is 0 Å². The fourth-order valence-electron chi connectivity index (χ4n) is 1.17. The van der Waals surface area contributed by atoms with Crippen molar-refractivity contribution in [3.8, 4) is 0 Å². The van der Waals surface area contributed by atoms with Crippen LogP contribution < -0.4 is 11.5 Å². The van der Waals surface area contributed by atoms with Crippen LogP contribution in [0.1, 0.15) is 17.8 Å². The molecule has 0 fully saturated rings. The quantitative estimate of drug-likeness (QED) is 0.687. The van der Waals surface area contributed by atoms with Gasteiger partial charge in [-0.25, -0.2) is 0 Å². The molecule has 0 aliphatic carbocycles. The van der Waals surface area contributed by atoms with Crippen LogP contribution in [-0.4, -0.2) is 16.3 Å². The molecule has 1 aromatic heterocycles. The number of rotatable bonds is 3. The Kier molecular flexibility index (Phi) is 2.70. The fraction of sp³-hybridized carbons (Fsp3) is 0.625. The average Bonchev–Trinajstić information content (AvgIpc) is 2.30. The molecule has 0 unspecified atom stereocenters. The van der Waals surface area contributed by atoms with Gasteiger partial charge in [-0.15, -0.1) is 0 Å². The maximum Gasteiger partial charge on any atom is 0.0825 e. The molecule has 4 heteroatoms. The van der Waals surface area contributed by atoms with Crippen molar-refractivity contribution in [3.63, 3.8) is 0 Å². The summed E-state index contributed by atoms with van der Waals surface area (Å²) in [5.74, 6) is 0. The summed E-state index contributed by atoms with van der Waals surface area (Å²) < 4.78 is 1.91. The molecule has 68 valence electrons. The molecule has 0 atom stereocenters. The number of aromatic nitrogens is 2. The highest BCUT2D eigenvalue weighted by Crippen LogP contribution is 2.14. The van der Waals surface area contributed by atoms with E-state index in [2.05, 4.69) is 5.10 Å². The number of hydrogen-bond donors (Lipinski definition) is 2. The molecular weight excluding hydrogens is 152 g/mol. The van der Waals surface area contributed by atoms with E-state index in [0.717, 1.165) is 30.0 Å². The van der Waals surface area contributed by atoms with Gasteiger partial charge in [-0.1, -0.05) is 0 Å². The molecule has 4 nitrogen and oxygen atoms in total. The lowest BCUT2D eigenvalue weighted by Crippen LogP contribution is -2.08. The summed E-state index contributed by atoms with van der Waals surface area (Å²) in [6, 6.07) is 0. The van der Waals surface area contributed by atoms with Crippen LogP contribution in [0, 0.1) is 13.8 Å². The molecule has 0 aliphatic heterocycles. The van der Waals surface area contributed by atoms with Crippen LogP contribution in [0.2, 0.25) is 0 Å². The van der Waals surface area contributed by atoms with Gasteiger partial charge < -0.3 is 11.5 Å². The third-order valence-corrected chi connectivity index (χ3v) is 2.01. The van der Waals surface area contributed by atoms with Crippen molar-refractivity contribution in [2.75, 3.05) is 12.3 Å².